The second-order valence-electron chi connectivity index (χ2n) is 5.43. The lowest BCUT2D eigenvalue weighted by Crippen LogP contribution is -2.01. The lowest BCUT2D eigenvalue weighted by Gasteiger charge is -2.11. The Morgan fingerprint density at radius 2 is 1.60 bits per heavy atom. The Kier molecular flexibility index (Phi) is 4.57. The number of rotatable bonds is 4. The van der Waals surface area contributed by atoms with Gasteiger partial charge in [-0.3, -0.25) is 10.1 Å². The van der Waals surface area contributed by atoms with Crippen molar-refractivity contribution in [2.45, 2.75) is 0 Å². The Balaban J connectivity index is 2.19. The zero-order valence-electron chi connectivity index (χ0n) is 13.5. The average Bonchev–Trinajstić information content (AvgIpc) is 2.67. The lowest BCUT2D eigenvalue weighted by atomic mass is 9.93. The van der Waals surface area contributed by atoms with Gasteiger partial charge in [-0.25, -0.2) is 4.79 Å². The van der Waals surface area contributed by atoms with Gasteiger partial charge in [0.05, 0.1) is 17.6 Å². The first kappa shape index (κ1) is 16.4. The smallest absolute Gasteiger partial charge is 0.337 e. The molecule has 0 aliphatic carbocycles. The van der Waals surface area contributed by atoms with E-state index in [9.17, 15) is 14.9 Å². The fourth-order valence-corrected chi connectivity index (χ4v) is 2.69. The van der Waals surface area contributed by atoms with E-state index in [4.69, 9.17) is 4.74 Å². The molecule has 0 saturated carbocycles. The van der Waals surface area contributed by atoms with E-state index in [2.05, 4.69) is 0 Å². The van der Waals surface area contributed by atoms with Crippen LogP contribution in [0, 0.1) is 10.1 Å². The predicted molar refractivity (Wildman–Crippen MR) is 95.3 cm³/mol. The highest BCUT2D eigenvalue weighted by atomic mass is 16.6. The van der Waals surface area contributed by atoms with E-state index in [0.29, 0.717) is 5.56 Å². The van der Waals surface area contributed by atoms with Crippen LogP contribution >= 0.6 is 0 Å². The van der Waals surface area contributed by atoms with Gasteiger partial charge in [0, 0.05) is 12.1 Å². The summed E-state index contributed by atoms with van der Waals surface area (Å²) in [6.07, 6.45) is 0. The first-order chi connectivity index (χ1) is 12.1. The van der Waals surface area contributed by atoms with Crippen molar-refractivity contribution in [2.24, 2.45) is 0 Å². The maximum Gasteiger partial charge on any atom is 0.337 e. The Morgan fingerprint density at radius 3 is 2.28 bits per heavy atom. The van der Waals surface area contributed by atoms with Crippen LogP contribution in [0.25, 0.3) is 22.3 Å². The van der Waals surface area contributed by atoms with Crippen LogP contribution in [-0.2, 0) is 4.74 Å². The van der Waals surface area contributed by atoms with Crippen molar-refractivity contribution in [2.75, 3.05) is 7.11 Å². The SMILES string of the molecule is COC(=O)c1cccc(-c2ccc([N+](=O)[O-])cc2-c2ccccc2)c1. The molecule has 0 N–H and O–H groups in total. The molecule has 0 unspecified atom stereocenters. The van der Waals surface area contributed by atoms with Gasteiger partial charge in [0.25, 0.3) is 5.69 Å². The molecule has 0 saturated heterocycles. The highest BCUT2D eigenvalue weighted by Crippen LogP contribution is 2.35. The normalized spacial score (nSPS) is 10.3. The van der Waals surface area contributed by atoms with Crippen molar-refractivity contribution in [1.29, 1.82) is 0 Å². The molecule has 5 heteroatoms. The summed E-state index contributed by atoms with van der Waals surface area (Å²) >= 11 is 0. The second kappa shape index (κ2) is 6.97. The van der Waals surface area contributed by atoms with Crippen LogP contribution in [0.4, 0.5) is 5.69 Å². The third-order valence-electron chi connectivity index (χ3n) is 3.89. The molecular formula is C20H15NO4. The molecule has 0 bridgehead atoms. The molecule has 0 radical (unpaired) electrons. The predicted octanol–water partition coefficient (Wildman–Crippen LogP) is 4.72. The molecule has 0 aliphatic heterocycles. The average molecular weight is 333 g/mol. The molecule has 0 fully saturated rings. The number of carbonyl (C=O) groups is 1. The molecule has 3 aromatic rings. The molecule has 0 heterocycles. The Morgan fingerprint density at radius 1 is 0.880 bits per heavy atom. The summed E-state index contributed by atoms with van der Waals surface area (Å²) in [7, 11) is 1.33. The van der Waals surface area contributed by atoms with Gasteiger partial charge in [0.15, 0.2) is 0 Å². The minimum Gasteiger partial charge on any atom is -0.465 e. The largest absolute Gasteiger partial charge is 0.465 e. The van der Waals surface area contributed by atoms with Gasteiger partial charge < -0.3 is 4.74 Å². The maximum absolute atomic E-state index is 11.8. The standard InChI is InChI=1S/C20H15NO4/c1-25-20(22)16-9-5-8-15(12-16)18-11-10-17(21(23)24)13-19(18)14-6-3-2-4-7-14/h2-13H,1H3. The van der Waals surface area contributed by atoms with Crippen molar-refractivity contribution in [3.8, 4) is 22.3 Å². The van der Waals surface area contributed by atoms with Crippen LogP contribution in [0.1, 0.15) is 10.4 Å². The Hall–Kier alpha value is -3.47. The number of methoxy groups -OCH3 is 1. The summed E-state index contributed by atoms with van der Waals surface area (Å²) in [6, 6.07) is 21.2. The van der Waals surface area contributed by atoms with E-state index >= 15 is 0 Å². The number of non-ortho nitro benzene ring substituents is 1. The number of hydrogen-bond donors (Lipinski definition) is 0. The number of hydrogen-bond acceptors (Lipinski definition) is 4. The zero-order valence-corrected chi connectivity index (χ0v) is 13.5. The number of carbonyl (C=O) groups excluding carboxylic acids is 1. The Bertz CT molecular complexity index is 935. The number of benzene rings is 3. The number of ether oxygens (including phenoxy) is 1. The van der Waals surface area contributed by atoms with E-state index in [0.717, 1.165) is 22.3 Å². The van der Waals surface area contributed by atoms with Crippen molar-refractivity contribution in [3.05, 3.63) is 88.5 Å². The lowest BCUT2D eigenvalue weighted by molar-refractivity contribution is -0.384. The fraction of sp³-hybridized carbons (Fsp3) is 0.0500. The summed E-state index contributed by atoms with van der Waals surface area (Å²) in [5, 5.41) is 11.2. The van der Waals surface area contributed by atoms with E-state index in [-0.39, 0.29) is 5.69 Å². The summed E-state index contributed by atoms with van der Waals surface area (Å²) in [5.41, 5.74) is 3.64. The number of esters is 1. The number of nitro groups is 1. The van der Waals surface area contributed by atoms with Crippen molar-refractivity contribution >= 4 is 11.7 Å². The van der Waals surface area contributed by atoms with Crippen LogP contribution in [0.15, 0.2) is 72.8 Å². The van der Waals surface area contributed by atoms with Crippen LogP contribution < -0.4 is 0 Å². The molecule has 124 valence electrons. The fourth-order valence-electron chi connectivity index (χ4n) is 2.69. The molecule has 5 nitrogen and oxygen atoms in total. The molecule has 0 aliphatic rings. The van der Waals surface area contributed by atoms with Crippen LogP contribution in [0.3, 0.4) is 0 Å². The molecule has 0 aromatic heterocycles. The van der Waals surface area contributed by atoms with E-state index in [1.807, 2.05) is 36.4 Å². The molecule has 0 spiro atoms. The molecule has 3 rings (SSSR count). The monoisotopic (exact) mass is 333 g/mol. The third-order valence-corrected chi connectivity index (χ3v) is 3.89. The van der Waals surface area contributed by atoms with Crippen LogP contribution in [0.5, 0.6) is 0 Å². The van der Waals surface area contributed by atoms with Crippen molar-refractivity contribution in [3.63, 3.8) is 0 Å². The quantitative estimate of drug-likeness (QED) is 0.394. The van der Waals surface area contributed by atoms with Crippen LogP contribution in [0.2, 0.25) is 0 Å². The minimum absolute atomic E-state index is 0.0201. The summed E-state index contributed by atoms with van der Waals surface area (Å²) in [6.45, 7) is 0. The molecular weight excluding hydrogens is 318 g/mol. The Labute approximate surface area is 144 Å². The van der Waals surface area contributed by atoms with E-state index in [1.54, 1.807) is 30.3 Å². The van der Waals surface area contributed by atoms with E-state index in [1.165, 1.54) is 13.2 Å². The second-order valence-corrected chi connectivity index (χ2v) is 5.43. The highest BCUT2D eigenvalue weighted by Gasteiger charge is 2.15. The molecule has 0 amide bonds. The molecule has 25 heavy (non-hydrogen) atoms. The van der Waals surface area contributed by atoms with E-state index < -0.39 is 10.9 Å². The van der Waals surface area contributed by atoms with Gasteiger partial charge in [-0.2, -0.15) is 0 Å². The topological polar surface area (TPSA) is 69.4 Å². The minimum atomic E-state index is -0.426. The first-order valence-corrected chi connectivity index (χ1v) is 7.63. The maximum atomic E-state index is 11.8. The first-order valence-electron chi connectivity index (χ1n) is 7.63. The highest BCUT2D eigenvalue weighted by molar-refractivity contribution is 5.92. The summed E-state index contributed by atoms with van der Waals surface area (Å²) in [4.78, 5) is 22.5. The third kappa shape index (κ3) is 3.40. The molecule has 0 atom stereocenters. The zero-order chi connectivity index (χ0) is 17.8. The molecule has 3 aromatic carbocycles. The van der Waals surface area contributed by atoms with Gasteiger partial charge in [0.2, 0.25) is 0 Å². The number of nitrogens with zero attached hydrogens (tertiary/aromatic N) is 1. The van der Waals surface area contributed by atoms with Gasteiger partial charge >= 0.3 is 5.97 Å². The van der Waals surface area contributed by atoms with Gasteiger partial charge in [-0.1, -0.05) is 42.5 Å². The summed E-state index contributed by atoms with van der Waals surface area (Å²) in [5.74, 6) is -0.426. The van der Waals surface area contributed by atoms with Gasteiger partial charge in [0.1, 0.15) is 0 Å². The van der Waals surface area contributed by atoms with Crippen molar-refractivity contribution in [1.82, 2.24) is 0 Å². The van der Waals surface area contributed by atoms with Gasteiger partial charge in [-0.05, 0) is 40.5 Å². The number of nitro benzene ring substituents is 1. The van der Waals surface area contributed by atoms with Crippen molar-refractivity contribution < 1.29 is 14.5 Å². The van der Waals surface area contributed by atoms with Crippen LogP contribution in [-0.4, -0.2) is 18.0 Å². The van der Waals surface area contributed by atoms with Gasteiger partial charge in [-0.15, -0.1) is 0 Å². The summed E-state index contributed by atoms with van der Waals surface area (Å²) < 4.78 is 4.76.